The van der Waals surface area contributed by atoms with Crippen LogP contribution in [0.5, 0.6) is 0 Å². The molecule has 4 aliphatic heterocycles. The van der Waals surface area contributed by atoms with E-state index in [9.17, 15) is 19.2 Å². The van der Waals surface area contributed by atoms with Gasteiger partial charge in [0.1, 0.15) is 12.1 Å². The molecule has 19 heteroatoms. The van der Waals surface area contributed by atoms with Gasteiger partial charge in [0.05, 0.1) is 22.4 Å². The molecule has 12 rings (SSSR count). The van der Waals surface area contributed by atoms with Gasteiger partial charge in [-0.1, -0.05) is 71.0 Å². The standard InChI is InChI=1S/C27H28N6O3.C16H19N5O.C11H11NO3/c1-16-21-9-8-19(14-23(21)31(3)29-16)24-28-25(36-30-24)18-10-12-32(13-11-18)26(34)17(2)33-15-20-6-4-5-7-22(20)27(33)35;1-10-13-4-3-12(9-14(13)21(2)19-10)15-18-16(22-20-15)11-5-7-17-8-6-11;1-7(11(14)15)12-6-8-4-2-3-5-9(8)10(12)13/h4-9,14,17-18H,10-13,15H2,1-3H3;3-4,9,11,17H,5-8H2,1-2H3;2-5,7H,6H2,1H3,(H,14,15). The molecule has 2 unspecified atom stereocenters. The summed E-state index contributed by atoms with van der Waals surface area (Å²) in [5.74, 6) is 1.82. The summed E-state index contributed by atoms with van der Waals surface area (Å²) in [6, 6.07) is 25.8. The number of aryl methyl sites for hydroxylation is 4. The molecule has 2 fully saturated rings. The van der Waals surface area contributed by atoms with E-state index in [-0.39, 0.29) is 23.6 Å². The lowest BCUT2D eigenvalue weighted by Crippen LogP contribution is -2.49. The van der Waals surface area contributed by atoms with Gasteiger partial charge >= 0.3 is 5.97 Å². The fraction of sp³-hybridized carbons (Fsp3) is 0.370. The Morgan fingerprint density at radius 1 is 0.644 bits per heavy atom. The third kappa shape index (κ3) is 9.59. The molecule has 2 atom stereocenters. The Labute approximate surface area is 421 Å². The van der Waals surface area contributed by atoms with Gasteiger partial charge in [0.15, 0.2) is 0 Å². The largest absolute Gasteiger partial charge is 0.480 e. The van der Waals surface area contributed by atoms with Gasteiger partial charge in [-0.25, -0.2) is 4.79 Å². The van der Waals surface area contributed by atoms with E-state index in [2.05, 4.69) is 47.9 Å². The number of hydrogen-bond donors (Lipinski definition) is 2. The van der Waals surface area contributed by atoms with Crippen LogP contribution in [0.4, 0.5) is 0 Å². The van der Waals surface area contributed by atoms with E-state index >= 15 is 0 Å². The third-order valence-electron chi connectivity index (χ3n) is 14.7. The van der Waals surface area contributed by atoms with Gasteiger partial charge in [-0.2, -0.15) is 20.2 Å². The SMILES string of the molecule is CC(C(=O)O)N1Cc2ccccc2C1=O.Cc1nn(C)c2cc(-c3noc(C4CCN(C(=O)C(C)N5Cc6ccccc6C5=O)CC4)n3)ccc12.Cc1nn(C)c2cc(-c3noc(C4CCNCC4)n3)ccc12. The van der Waals surface area contributed by atoms with Crippen LogP contribution in [-0.2, 0) is 36.8 Å². The second-order valence-electron chi connectivity index (χ2n) is 19.3. The van der Waals surface area contributed by atoms with E-state index in [1.807, 2.05) is 110 Å². The predicted molar refractivity (Wildman–Crippen MR) is 270 cm³/mol. The number of nitrogens with zero attached hydrogens (tertiary/aromatic N) is 11. The highest BCUT2D eigenvalue weighted by Crippen LogP contribution is 2.33. The molecule has 2 saturated heterocycles. The van der Waals surface area contributed by atoms with Gasteiger partial charge in [0.2, 0.25) is 29.3 Å². The second kappa shape index (κ2) is 20.2. The minimum Gasteiger partial charge on any atom is -0.480 e. The summed E-state index contributed by atoms with van der Waals surface area (Å²) in [6.45, 7) is 11.5. The van der Waals surface area contributed by atoms with Crippen LogP contribution in [0.2, 0.25) is 0 Å². The summed E-state index contributed by atoms with van der Waals surface area (Å²) in [4.78, 5) is 62.8. The molecule has 376 valence electrons. The van der Waals surface area contributed by atoms with Crippen LogP contribution in [-0.4, -0.2) is 122 Å². The number of piperidine rings is 2. The van der Waals surface area contributed by atoms with Crippen molar-refractivity contribution >= 4 is 45.5 Å². The van der Waals surface area contributed by atoms with Gasteiger partial charge in [-0.15, -0.1) is 0 Å². The van der Waals surface area contributed by atoms with Crippen molar-refractivity contribution < 1.29 is 33.3 Å². The van der Waals surface area contributed by atoms with Crippen LogP contribution in [0.25, 0.3) is 44.6 Å². The minimum absolute atomic E-state index is 0.0133. The molecule has 2 N–H and O–H groups in total. The molecule has 4 aromatic heterocycles. The van der Waals surface area contributed by atoms with Gasteiger partial charge in [0.25, 0.3) is 11.8 Å². The number of carboxylic acid groups (broad SMARTS) is 1. The number of carbonyl (C=O) groups is 4. The van der Waals surface area contributed by atoms with Crippen molar-refractivity contribution in [2.75, 3.05) is 26.2 Å². The van der Waals surface area contributed by atoms with Crippen LogP contribution < -0.4 is 5.32 Å². The second-order valence-corrected chi connectivity index (χ2v) is 19.3. The van der Waals surface area contributed by atoms with Crippen molar-refractivity contribution in [3.05, 3.63) is 130 Å². The minimum atomic E-state index is -0.976. The lowest BCUT2D eigenvalue weighted by molar-refractivity contribution is -0.141. The molecule has 0 radical (unpaired) electrons. The first kappa shape index (κ1) is 48.6. The molecular formula is C54H58N12O7. The fourth-order valence-corrected chi connectivity index (χ4v) is 10.3. The monoisotopic (exact) mass is 986 g/mol. The number of carboxylic acids is 1. The zero-order valence-electron chi connectivity index (χ0n) is 41.8. The molecule has 73 heavy (non-hydrogen) atoms. The lowest BCUT2D eigenvalue weighted by atomic mass is 9.96. The number of carbonyl (C=O) groups excluding carboxylic acids is 3. The Kier molecular flexibility index (Phi) is 13.4. The Bertz CT molecular complexity index is 3380. The van der Waals surface area contributed by atoms with Crippen LogP contribution in [0.1, 0.15) is 106 Å². The molecule has 0 aliphatic carbocycles. The van der Waals surface area contributed by atoms with E-state index in [1.54, 1.807) is 17.0 Å². The first-order chi connectivity index (χ1) is 35.2. The zero-order chi connectivity index (χ0) is 51.1. The topological polar surface area (TPSA) is 224 Å². The Morgan fingerprint density at radius 3 is 1.56 bits per heavy atom. The highest BCUT2D eigenvalue weighted by Gasteiger charge is 2.37. The lowest BCUT2D eigenvalue weighted by Gasteiger charge is -2.34. The van der Waals surface area contributed by atoms with Crippen molar-refractivity contribution in [1.82, 2.24) is 59.9 Å². The quantitative estimate of drug-likeness (QED) is 0.154. The molecule has 4 aromatic carbocycles. The molecule has 4 aliphatic rings. The van der Waals surface area contributed by atoms with Gasteiger partial charge in [0, 0.05) is 85.1 Å². The number of rotatable bonds is 8. The number of amides is 3. The van der Waals surface area contributed by atoms with Crippen LogP contribution in [0.3, 0.4) is 0 Å². The van der Waals surface area contributed by atoms with E-state index in [4.69, 9.17) is 14.2 Å². The molecule has 8 heterocycles. The number of benzene rings is 4. The normalized spacial score (nSPS) is 16.8. The molecular weight excluding hydrogens is 929 g/mol. The molecule has 0 spiro atoms. The highest BCUT2D eigenvalue weighted by molar-refractivity contribution is 6.01. The first-order valence-electron chi connectivity index (χ1n) is 24.8. The summed E-state index contributed by atoms with van der Waals surface area (Å²) >= 11 is 0. The smallest absolute Gasteiger partial charge is 0.326 e. The maximum absolute atomic E-state index is 13.2. The molecule has 3 amide bonds. The zero-order valence-corrected chi connectivity index (χ0v) is 41.8. The Balaban J connectivity index is 0.000000140. The molecule has 8 aromatic rings. The molecule has 19 nitrogen and oxygen atoms in total. The number of nitrogens with one attached hydrogen (secondary N) is 1. The van der Waals surface area contributed by atoms with Crippen LogP contribution >= 0.6 is 0 Å². The maximum Gasteiger partial charge on any atom is 0.326 e. The van der Waals surface area contributed by atoms with Crippen LogP contribution in [0, 0.1) is 13.8 Å². The van der Waals surface area contributed by atoms with E-state index in [0.29, 0.717) is 60.8 Å². The van der Waals surface area contributed by atoms with Crippen molar-refractivity contribution in [2.24, 2.45) is 14.1 Å². The predicted octanol–water partition coefficient (Wildman–Crippen LogP) is 7.20. The number of fused-ring (bicyclic) bond motifs is 4. The first-order valence-corrected chi connectivity index (χ1v) is 24.8. The van der Waals surface area contributed by atoms with E-state index in [1.165, 1.54) is 11.8 Å². The average molecular weight is 987 g/mol. The number of likely N-dealkylation sites (tertiary alicyclic amines) is 1. The van der Waals surface area contributed by atoms with Crippen molar-refractivity contribution in [3.8, 4) is 22.8 Å². The summed E-state index contributed by atoms with van der Waals surface area (Å²) in [5, 5.41) is 31.8. The molecule has 0 bridgehead atoms. The number of aromatic nitrogens is 8. The van der Waals surface area contributed by atoms with Gasteiger partial charge in [-0.05, 0) is 102 Å². The van der Waals surface area contributed by atoms with E-state index in [0.717, 1.165) is 100 Å². The van der Waals surface area contributed by atoms with Gasteiger partial charge in [-0.3, -0.25) is 23.7 Å². The maximum atomic E-state index is 13.2. The van der Waals surface area contributed by atoms with Crippen molar-refractivity contribution in [2.45, 2.75) is 90.4 Å². The summed E-state index contributed by atoms with van der Waals surface area (Å²) < 4.78 is 14.9. The average Bonchev–Trinajstić information content (AvgIpc) is 4.30. The fourth-order valence-electron chi connectivity index (χ4n) is 10.3. The van der Waals surface area contributed by atoms with E-state index < -0.39 is 18.1 Å². The number of hydrogen-bond acceptors (Lipinski definition) is 13. The van der Waals surface area contributed by atoms with Crippen molar-refractivity contribution in [3.63, 3.8) is 0 Å². The highest BCUT2D eigenvalue weighted by atomic mass is 16.5. The Hall–Kier alpha value is -8.06. The molecule has 0 saturated carbocycles. The summed E-state index contributed by atoms with van der Waals surface area (Å²) in [7, 11) is 3.88. The number of aliphatic carboxylic acids is 1. The summed E-state index contributed by atoms with van der Waals surface area (Å²) in [6.07, 6.45) is 3.60. The van der Waals surface area contributed by atoms with Crippen molar-refractivity contribution in [1.29, 1.82) is 0 Å². The Morgan fingerprint density at radius 2 is 1.10 bits per heavy atom. The van der Waals surface area contributed by atoms with Gasteiger partial charge < -0.3 is 34.2 Å². The summed E-state index contributed by atoms with van der Waals surface area (Å²) in [5.41, 5.74) is 9.18. The third-order valence-corrected chi connectivity index (χ3v) is 14.7. The van der Waals surface area contributed by atoms with Crippen LogP contribution in [0.15, 0.2) is 94.0 Å².